The second-order valence-electron chi connectivity index (χ2n) is 3.98. The van der Waals surface area contributed by atoms with Gasteiger partial charge in [0.25, 0.3) is 5.91 Å². The van der Waals surface area contributed by atoms with Crippen LogP contribution in [0.3, 0.4) is 0 Å². The number of halogens is 2. The van der Waals surface area contributed by atoms with E-state index in [4.69, 9.17) is 17.3 Å². The van der Waals surface area contributed by atoms with Crippen LogP contribution in [0.4, 0.5) is 15.8 Å². The number of pyridine rings is 1. The van der Waals surface area contributed by atoms with Crippen LogP contribution in [0.15, 0.2) is 30.5 Å². The van der Waals surface area contributed by atoms with Gasteiger partial charge in [0.15, 0.2) is 0 Å². The highest BCUT2D eigenvalue weighted by Crippen LogP contribution is 2.20. The van der Waals surface area contributed by atoms with Gasteiger partial charge in [0.05, 0.1) is 28.2 Å². The number of benzene rings is 1. The highest BCUT2D eigenvalue weighted by atomic mass is 35.5. The van der Waals surface area contributed by atoms with Crippen LogP contribution in [0, 0.1) is 12.7 Å². The van der Waals surface area contributed by atoms with E-state index in [0.717, 1.165) is 0 Å². The Morgan fingerprint density at radius 1 is 1.42 bits per heavy atom. The average molecular weight is 280 g/mol. The Balaban J connectivity index is 2.25. The fourth-order valence-corrected chi connectivity index (χ4v) is 1.73. The first-order valence-electron chi connectivity index (χ1n) is 5.46. The molecule has 4 nitrogen and oxygen atoms in total. The molecule has 0 atom stereocenters. The third-order valence-electron chi connectivity index (χ3n) is 2.53. The standard InChI is InChI=1S/C13H11ClFN3O/c1-7-10(4-8(16)6-17-7)13(19)18-9-2-3-12(15)11(14)5-9/h2-6H,16H2,1H3,(H,18,19). The average Bonchev–Trinajstić information content (AvgIpc) is 2.36. The summed E-state index contributed by atoms with van der Waals surface area (Å²) in [5.74, 6) is -0.915. The van der Waals surface area contributed by atoms with E-state index in [2.05, 4.69) is 10.3 Å². The number of rotatable bonds is 2. The van der Waals surface area contributed by atoms with Crippen LogP contribution >= 0.6 is 11.6 Å². The minimum absolute atomic E-state index is 0.0553. The van der Waals surface area contributed by atoms with Crippen LogP contribution in [0.5, 0.6) is 0 Å². The molecule has 2 aromatic rings. The van der Waals surface area contributed by atoms with Crippen molar-refractivity contribution in [2.75, 3.05) is 11.1 Å². The van der Waals surface area contributed by atoms with Crippen LogP contribution in [0.2, 0.25) is 5.02 Å². The summed E-state index contributed by atoms with van der Waals surface area (Å²) in [6.45, 7) is 1.70. The van der Waals surface area contributed by atoms with Crippen molar-refractivity contribution >= 4 is 28.9 Å². The number of nitrogens with zero attached hydrogens (tertiary/aromatic N) is 1. The number of hydrogen-bond donors (Lipinski definition) is 2. The van der Waals surface area contributed by atoms with Crippen molar-refractivity contribution in [1.82, 2.24) is 4.98 Å². The van der Waals surface area contributed by atoms with Crippen LogP contribution < -0.4 is 11.1 Å². The third kappa shape index (κ3) is 3.00. The molecule has 0 saturated heterocycles. The summed E-state index contributed by atoms with van der Waals surface area (Å²) in [6.07, 6.45) is 1.47. The zero-order chi connectivity index (χ0) is 14.0. The van der Waals surface area contributed by atoms with Crippen molar-refractivity contribution in [3.63, 3.8) is 0 Å². The molecule has 0 unspecified atom stereocenters. The molecule has 0 aliphatic carbocycles. The van der Waals surface area contributed by atoms with Gasteiger partial charge in [-0.1, -0.05) is 11.6 Å². The Bertz CT molecular complexity index is 646. The van der Waals surface area contributed by atoms with E-state index in [1.165, 1.54) is 30.5 Å². The Morgan fingerprint density at radius 2 is 2.16 bits per heavy atom. The fourth-order valence-electron chi connectivity index (χ4n) is 1.55. The lowest BCUT2D eigenvalue weighted by Crippen LogP contribution is -2.14. The minimum atomic E-state index is -0.540. The monoisotopic (exact) mass is 279 g/mol. The number of carbonyl (C=O) groups is 1. The Morgan fingerprint density at radius 3 is 2.84 bits per heavy atom. The number of anilines is 2. The van der Waals surface area contributed by atoms with Gasteiger partial charge in [0.1, 0.15) is 5.82 Å². The number of amides is 1. The Kier molecular flexibility index (Phi) is 3.66. The highest BCUT2D eigenvalue weighted by molar-refractivity contribution is 6.31. The lowest BCUT2D eigenvalue weighted by atomic mass is 10.1. The Hall–Kier alpha value is -2.14. The SMILES string of the molecule is Cc1ncc(N)cc1C(=O)Nc1ccc(F)c(Cl)c1. The second-order valence-corrected chi connectivity index (χ2v) is 4.39. The fraction of sp³-hybridized carbons (Fsp3) is 0.0769. The summed E-state index contributed by atoms with van der Waals surface area (Å²) in [4.78, 5) is 16.0. The van der Waals surface area contributed by atoms with Crippen LogP contribution in [-0.4, -0.2) is 10.9 Å². The zero-order valence-corrected chi connectivity index (χ0v) is 10.8. The summed E-state index contributed by atoms with van der Waals surface area (Å²) in [7, 11) is 0. The van der Waals surface area contributed by atoms with Crippen molar-refractivity contribution in [2.45, 2.75) is 6.92 Å². The number of hydrogen-bond acceptors (Lipinski definition) is 3. The van der Waals surface area contributed by atoms with Gasteiger partial charge < -0.3 is 11.1 Å². The maximum absolute atomic E-state index is 13.0. The van der Waals surface area contributed by atoms with E-state index >= 15 is 0 Å². The molecule has 1 aromatic heterocycles. The van der Waals surface area contributed by atoms with E-state index < -0.39 is 5.82 Å². The van der Waals surface area contributed by atoms with Gasteiger partial charge in [-0.15, -0.1) is 0 Å². The van der Waals surface area contributed by atoms with Gasteiger partial charge in [-0.25, -0.2) is 4.39 Å². The second kappa shape index (κ2) is 5.24. The number of aryl methyl sites for hydroxylation is 1. The van der Waals surface area contributed by atoms with Crippen molar-refractivity contribution in [2.24, 2.45) is 0 Å². The molecule has 0 fully saturated rings. The quantitative estimate of drug-likeness (QED) is 0.888. The van der Waals surface area contributed by atoms with Gasteiger partial charge in [0.2, 0.25) is 0 Å². The lowest BCUT2D eigenvalue weighted by Gasteiger charge is -2.08. The molecule has 0 radical (unpaired) electrons. The van der Waals surface area contributed by atoms with Crippen molar-refractivity contribution in [3.8, 4) is 0 Å². The molecule has 98 valence electrons. The number of carbonyl (C=O) groups excluding carboxylic acids is 1. The van der Waals surface area contributed by atoms with Gasteiger partial charge in [-0.3, -0.25) is 9.78 Å². The number of nitrogen functional groups attached to an aromatic ring is 1. The van der Waals surface area contributed by atoms with Gasteiger partial charge in [-0.2, -0.15) is 0 Å². The highest BCUT2D eigenvalue weighted by Gasteiger charge is 2.11. The summed E-state index contributed by atoms with van der Waals surface area (Å²) in [5, 5.41) is 2.55. The molecule has 1 heterocycles. The number of nitrogens with two attached hydrogens (primary N) is 1. The largest absolute Gasteiger partial charge is 0.397 e. The van der Waals surface area contributed by atoms with Crippen LogP contribution in [-0.2, 0) is 0 Å². The third-order valence-corrected chi connectivity index (χ3v) is 2.82. The predicted molar refractivity (Wildman–Crippen MR) is 72.7 cm³/mol. The summed E-state index contributed by atoms with van der Waals surface area (Å²) >= 11 is 5.64. The topological polar surface area (TPSA) is 68.0 Å². The van der Waals surface area contributed by atoms with Gasteiger partial charge in [-0.05, 0) is 31.2 Å². The molecule has 0 aliphatic heterocycles. The van der Waals surface area contributed by atoms with E-state index in [-0.39, 0.29) is 10.9 Å². The van der Waals surface area contributed by atoms with E-state index in [1.807, 2.05) is 0 Å². The molecular formula is C13H11ClFN3O. The van der Waals surface area contributed by atoms with Crippen molar-refractivity contribution < 1.29 is 9.18 Å². The van der Waals surface area contributed by atoms with Crippen molar-refractivity contribution in [1.29, 1.82) is 0 Å². The summed E-state index contributed by atoms with van der Waals surface area (Å²) in [5.41, 5.74) is 7.30. The first-order valence-corrected chi connectivity index (χ1v) is 5.83. The minimum Gasteiger partial charge on any atom is -0.397 e. The lowest BCUT2D eigenvalue weighted by molar-refractivity contribution is 0.102. The zero-order valence-electron chi connectivity index (χ0n) is 10.1. The van der Waals surface area contributed by atoms with Gasteiger partial charge in [0, 0.05) is 5.69 Å². The molecule has 6 heteroatoms. The molecule has 0 aliphatic rings. The first-order chi connectivity index (χ1) is 8.97. The molecule has 0 bridgehead atoms. The van der Waals surface area contributed by atoms with E-state index in [1.54, 1.807) is 6.92 Å². The van der Waals surface area contributed by atoms with Gasteiger partial charge >= 0.3 is 0 Å². The Labute approximate surface area is 114 Å². The normalized spacial score (nSPS) is 10.3. The predicted octanol–water partition coefficient (Wildman–Crippen LogP) is 3.02. The molecule has 19 heavy (non-hydrogen) atoms. The molecular weight excluding hydrogens is 269 g/mol. The van der Waals surface area contributed by atoms with E-state index in [9.17, 15) is 9.18 Å². The maximum atomic E-state index is 13.0. The summed E-state index contributed by atoms with van der Waals surface area (Å²) in [6, 6.07) is 5.48. The first kappa shape index (κ1) is 13.3. The summed E-state index contributed by atoms with van der Waals surface area (Å²) < 4.78 is 13.0. The molecule has 0 spiro atoms. The van der Waals surface area contributed by atoms with Crippen LogP contribution in [0.1, 0.15) is 16.1 Å². The molecule has 1 aromatic carbocycles. The molecule has 0 saturated carbocycles. The van der Waals surface area contributed by atoms with Crippen LogP contribution in [0.25, 0.3) is 0 Å². The molecule has 2 rings (SSSR count). The smallest absolute Gasteiger partial charge is 0.257 e. The molecule has 3 N–H and O–H groups in total. The maximum Gasteiger partial charge on any atom is 0.257 e. The number of nitrogens with one attached hydrogen (secondary N) is 1. The molecule has 1 amide bonds. The van der Waals surface area contributed by atoms with E-state index in [0.29, 0.717) is 22.6 Å². The van der Waals surface area contributed by atoms with Crippen molar-refractivity contribution in [3.05, 3.63) is 52.6 Å². The number of aromatic nitrogens is 1.